The molecule has 2 rings (SSSR count). The third-order valence-corrected chi connectivity index (χ3v) is 3.21. The average molecular weight is 270 g/mol. The van der Waals surface area contributed by atoms with Crippen molar-refractivity contribution in [3.05, 3.63) is 0 Å². The van der Waals surface area contributed by atoms with Gasteiger partial charge in [-0.1, -0.05) is 0 Å². The Morgan fingerprint density at radius 3 is 3.00 bits per heavy atom. The summed E-state index contributed by atoms with van der Waals surface area (Å²) in [5, 5.41) is 5.26. The number of urea groups is 2. The van der Waals surface area contributed by atoms with E-state index in [2.05, 4.69) is 10.6 Å². The number of piperazine rings is 1. The molecule has 2 aliphatic rings. The molecule has 0 saturated carbocycles. The number of nitrogens with zero attached hydrogens (tertiary/aromatic N) is 2. The molecule has 0 aromatic carbocycles. The lowest BCUT2D eigenvalue weighted by atomic mass is 10.2. The van der Waals surface area contributed by atoms with Crippen LogP contribution in [0.3, 0.4) is 0 Å². The van der Waals surface area contributed by atoms with E-state index >= 15 is 0 Å². The van der Waals surface area contributed by atoms with Gasteiger partial charge in [0.1, 0.15) is 6.54 Å². The number of fused-ring (bicyclic) bond motifs is 1. The van der Waals surface area contributed by atoms with E-state index in [-0.39, 0.29) is 24.6 Å². The second kappa shape index (κ2) is 5.77. The Labute approximate surface area is 111 Å². The summed E-state index contributed by atoms with van der Waals surface area (Å²) in [7, 11) is 0. The Kier molecular flexibility index (Phi) is 4.08. The second-order valence-corrected chi connectivity index (χ2v) is 4.44. The Balaban J connectivity index is 1.78. The third-order valence-electron chi connectivity index (χ3n) is 3.21. The standard InChI is InChI=1S/C11H18N4O4/c1-2-19-9(16)6-13-10(17)14-3-4-15-8(7-14)5-12-11(15)18/h8H,2-7H2,1H3,(H,12,18)(H,13,17). The zero-order chi connectivity index (χ0) is 13.8. The molecule has 106 valence electrons. The highest BCUT2D eigenvalue weighted by atomic mass is 16.5. The monoisotopic (exact) mass is 270 g/mol. The van der Waals surface area contributed by atoms with Gasteiger partial charge in [-0.3, -0.25) is 4.79 Å². The van der Waals surface area contributed by atoms with Gasteiger partial charge in [-0.2, -0.15) is 0 Å². The van der Waals surface area contributed by atoms with Gasteiger partial charge in [0.2, 0.25) is 0 Å². The Hall–Kier alpha value is -1.99. The minimum absolute atomic E-state index is 0.0228. The smallest absolute Gasteiger partial charge is 0.325 e. The van der Waals surface area contributed by atoms with Gasteiger partial charge in [0.25, 0.3) is 0 Å². The van der Waals surface area contributed by atoms with Gasteiger partial charge < -0.3 is 25.2 Å². The molecule has 2 N–H and O–H groups in total. The Morgan fingerprint density at radius 1 is 1.47 bits per heavy atom. The number of amides is 4. The summed E-state index contributed by atoms with van der Waals surface area (Å²) in [6.45, 7) is 3.90. The maximum absolute atomic E-state index is 11.9. The van der Waals surface area contributed by atoms with Crippen LogP contribution >= 0.6 is 0 Å². The highest BCUT2D eigenvalue weighted by Crippen LogP contribution is 2.13. The molecule has 0 spiro atoms. The van der Waals surface area contributed by atoms with Gasteiger partial charge in [-0.15, -0.1) is 0 Å². The Bertz CT molecular complexity index is 387. The van der Waals surface area contributed by atoms with Crippen LogP contribution in [0.15, 0.2) is 0 Å². The van der Waals surface area contributed by atoms with Crippen LogP contribution in [0.5, 0.6) is 0 Å². The van der Waals surface area contributed by atoms with E-state index in [0.717, 1.165) is 0 Å². The number of esters is 1. The number of carbonyl (C=O) groups is 3. The van der Waals surface area contributed by atoms with E-state index < -0.39 is 5.97 Å². The van der Waals surface area contributed by atoms with Crippen LogP contribution < -0.4 is 10.6 Å². The molecular weight excluding hydrogens is 252 g/mol. The number of carbonyl (C=O) groups excluding carboxylic acids is 3. The molecule has 8 nitrogen and oxygen atoms in total. The SMILES string of the molecule is CCOC(=O)CNC(=O)N1CCN2C(=O)NCC2C1. The zero-order valence-electron chi connectivity index (χ0n) is 10.8. The molecule has 8 heteroatoms. The molecule has 2 aliphatic heterocycles. The molecule has 4 amide bonds. The van der Waals surface area contributed by atoms with Gasteiger partial charge in [0.05, 0.1) is 12.6 Å². The lowest BCUT2D eigenvalue weighted by Gasteiger charge is -2.36. The Morgan fingerprint density at radius 2 is 2.26 bits per heavy atom. The second-order valence-electron chi connectivity index (χ2n) is 4.44. The zero-order valence-corrected chi connectivity index (χ0v) is 10.8. The van der Waals surface area contributed by atoms with Crippen LogP contribution in [0.25, 0.3) is 0 Å². The van der Waals surface area contributed by atoms with Gasteiger partial charge >= 0.3 is 18.0 Å². The van der Waals surface area contributed by atoms with Gasteiger partial charge in [0.15, 0.2) is 0 Å². The van der Waals surface area contributed by atoms with Crippen LogP contribution in [0, 0.1) is 0 Å². The maximum atomic E-state index is 11.9. The fourth-order valence-corrected chi connectivity index (χ4v) is 2.26. The minimum atomic E-state index is -0.452. The summed E-state index contributed by atoms with van der Waals surface area (Å²) in [6, 6.07) is -0.349. The van der Waals surface area contributed by atoms with Crippen molar-refractivity contribution in [3.8, 4) is 0 Å². The first-order valence-electron chi connectivity index (χ1n) is 6.34. The molecule has 2 fully saturated rings. The van der Waals surface area contributed by atoms with E-state index in [4.69, 9.17) is 4.74 Å². The van der Waals surface area contributed by atoms with Crippen molar-refractivity contribution in [1.29, 1.82) is 0 Å². The lowest BCUT2D eigenvalue weighted by Crippen LogP contribution is -2.56. The lowest BCUT2D eigenvalue weighted by molar-refractivity contribution is -0.141. The predicted molar refractivity (Wildman–Crippen MR) is 65.5 cm³/mol. The molecule has 2 heterocycles. The van der Waals surface area contributed by atoms with Crippen molar-refractivity contribution >= 4 is 18.0 Å². The third kappa shape index (κ3) is 3.07. The topological polar surface area (TPSA) is 91.0 Å². The van der Waals surface area contributed by atoms with Crippen molar-refractivity contribution in [2.24, 2.45) is 0 Å². The predicted octanol–water partition coefficient (Wildman–Crippen LogP) is -1.03. The van der Waals surface area contributed by atoms with E-state index in [9.17, 15) is 14.4 Å². The first kappa shape index (κ1) is 13.4. The van der Waals surface area contributed by atoms with E-state index in [0.29, 0.717) is 32.8 Å². The molecule has 0 aromatic rings. The van der Waals surface area contributed by atoms with Crippen molar-refractivity contribution in [3.63, 3.8) is 0 Å². The average Bonchev–Trinajstić information content (AvgIpc) is 2.77. The first-order chi connectivity index (χ1) is 9.11. The van der Waals surface area contributed by atoms with Gasteiger partial charge in [-0.25, -0.2) is 9.59 Å². The van der Waals surface area contributed by atoms with Crippen LogP contribution in [0.2, 0.25) is 0 Å². The number of rotatable bonds is 3. The van der Waals surface area contributed by atoms with Crippen molar-refractivity contribution in [1.82, 2.24) is 20.4 Å². The molecule has 19 heavy (non-hydrogen) atoms. The van der Waals surface area contributed by atoms with Crippen LogP contribution in [-0.2, 0) is 9.53 Å². The highest BCUT2D eigenvalue weighted by molar-refractivity contribution is 5.82. The van der Waals surface area contributed by atoms with E-state index in [1.807, 2.05) is 0 Å². The molecule has 0 radical (unpaired) electrons. The van der Waals surface area contributed by atoms with Crippen molar-refractivity contribution in [2.45, 2.75) is 13.0 Å². The summed E-state index contributed by atoms with van der Waals surface area (Å²) in [5.41, 5.74) is 0. The largest absolute Gasteiger partial charge is 0.465 e. The fourth-order valence-electron chi connectivity index (χ4n) is 2.26. The molecule has 1 unspecified atom stereocenters. The summed E-state index contributed by atoms with van der Waals surface area (Å²) < 4.78 is 4.73. The van der Waals surface area contributed by atoms with E-state index in [1.165, 1.54) is 0 Å². The summed E-state index contributed by atoms with van der Waals surface area (Å²) in [5.74, 6) is -0.452. The fraction of sp³-hybridized carbons (Fsp3) is 0.727. The minimum Gasteiger partial charge on any atom is -0.465 e. The van der Waals surface area contributed by atoms with Crippen molar-refractivity contribution in [2.75, 3.05) is 39.3 Å². The first-order valence-corrected chi connectivity index (χ1v) is 6.34. The molecule has 0 aliphatic carbocycles. The van der Waals surface area contributed by atoms with Gasteiger partial charge in [0, 0.05) is 26.2 Å². The van der Waals surface area contributed by atoms with Crippen molar-refractivity contribution < 1.29 is 19.1 Å². The number of hydrogen-bond donors (Lipinski definition) is 2. The van der Waals surface area contributed by atoms with Crippen LogP contribution in [-0.4, -0.2) is 73.2 Å². The number of nitrogens with one attached hydrogen (secondary N) is 2. The molecule has 0 bridgehead atoms. The highest BCUT2D eigenvalue weighted by Gasteiger charge is 2.36. The van der Waals surface area contributed by atoms with Crippen LogP contribution in [0.4, 0.5) is 9.59 Å². The van der Waals surface area contributed by atoms with Gasteiger partial charge in [-0.05, 0) is 6.92 Å². The summed E-state index contributed by atoms with van der Waals surface area (Å²) in [6.07, 6.45) is 0. The molecular formula is C11H18N4O4. The molecule has 0 aromatic heterocycles. The van der Waals surface area contributed by atoms with Crippen LogP contribution in [0.1, 0.15) is 6.92 Å². The quantitative estimate of drug-likeness (QED) is 0.641. The molecule has 1 atom stereocenters. The summed E-state index contributed by atoms with van der Waals surface area (Å²) in [4.78, 5) is 37.7. The molecule has 2 saturated heterocycles. The number of hydrogen-bond acceptors (Lipinski definition) is 4. The summed E-state index contributed by atoms with van der Waals surface area (Å²) >= 11 is 0. The van der Waals surface area contributed by atoms with E-state index in [1.54, 1.807) is 16.7 Å². The number of ether oxygens (including phenoxy) is 1. The maximum Gasteiger partial charge on any atom is 0.325 e. The normalized spacial score (nSPS) is 21.7.